The predicted octanol–water partition coefficient (Wildman–Crippen LogP) is 3.85. The maximum atomic E-state index is 12.8. The summed E-state index contributed by atoms with van der Waals surface area (Å²) >= 11 is 0. The van der Waals surface area contributed by atoms with Crippen molar-refractivity contribution in [2.45, 2.75) is 26.9 Å². The molecule has 28 heavy (non-hydrogen) atoms. The highest BCUT2D eigenvalue weighted by molar-refractivity contribution is 5.95. The molecule has 0 bridgehead atoms. The molecule has 0 fully saturated rings. The average Bonchev–Trinajstić information content (AvgIpc) is 3.01. The van der Waals surface area contributed by atoms with Crippen LogP contribution in [0.2, 0.25) is 0 Å². The van der Waals surface area contributed by atoms with Crippen molar-refractivity contribution in [2.75, 3.05) is 13.2 Å². The van der Waals surface area contributed by atoms with Crippen LogP contribution >= 0.6 is 0 Å². The summed E-state index contributed by atoms with van der Waals surface area (Å²) in [6.07, 6.45) is 0. The van der Waals surface area contributed by atoms with Crippen LogP contribution in [0.25, 0.3) is 0 Å². The third-order valence-corrected chi connectivity index (χ3v) is 5.09. The molecule has 0 radical (unpaired) electrons. The SMILES string of the molecule is Cc1cc(C(=O)NCc2cccc3c2OCCO3)c(C)n1Cc1ccccc1. The second kappa shape index (κ2) is 7.80. The van der Waals surface area contributed by atoms with E-state index in [9.17, 15) is 4.79 Å². The molecule has 144 valence electrons. The van der Waals surface area contributed by atoms with Crippen LogP contribution in [-0.2, 0) is 13.1 Å². The van der Waals surface area contributed by atoms with Crippen molar-refractivity contribution < 1.29 is 14.3 Å². The second-order valence-corrected chi connectivity index (χ2v) is 6.98. The zero-order valence-electron chi connectivity index (χ0n) is 16.2. The van der Waals surface area contributed by atoms with Crippen LogP contribution in [0.1, 0.15) is 32.9 Å². The number of carbonyl (C=O) groups is 1. The highest BCUT2D eigenvalue weighted by atomic mass is 16.6. The smallest absolute Gasteiger partial charge is 0.253 e. The first-order valence-corrected chi connectivity index (χ1v) is 9.50. The van der Waals surface area contributed by atoms with Gasteiger partial charge in [0.25, 0.3) is 5.91 Å². The molecule has 0 spiro atoms. The molecule has 5 heteroatoms. The number of carbonyl (C=O) groups excluding carboxylic acids is 1. The predicted molar refractivity (Wildman–Crippen MR) is 108 cm³/mol. The molecular weight excluding hydrogens is 352 g/mol. The Balaban J connectivity index is 1.49. The Kier molecular flexibility index (Phi) is 5.06. The van der Waals surface area contributed by atoms with E-state index in [0.717, 1.165) is 35.0 Å². The van der Waals surface area contributed by atoms with Gasteiger partial charge in [0.1, 0.15) is 13.2 Å². The quantitative estimate of drug-likeness (QED) is 0.736. The first-order chi connectivity index (χ1) is 13.6. The van der Waals surface area contributed by atoms with Crippen LogP contribution in [0.15, 0.2) is 54.6 Å². The van der Waals surface area contributed by atoms with Gasteiger partial charge in [0.15, 0.2) is 11.5 Å². The fourth-order valence-corrected chi connectivity index (χ4v) is 3.58. The van der Waals surface area contributed by atoms with Crippen LogP contribution in [-0.4, -0.2) is 23.7 Å². The minimum absolute atomic E-state index is 0.0817. The van der Waals surface area contributed by atoms with E-state index in [1.165, 1.54) is 5.56 Å². The summed E-state index contributed by atoms with van der Waals surface area (Å²) in [5.41, 5.74) is 4.87. The number of rotatable bonds is 5. The molecule has 1 aromatic heterocycles. The van der Waals surface area contributed by atoms with Gasteiger partial charge in [-0.2, -0.15) is 0 Å². The molecule has 0 unspecified atom stereocenters. The number of amides is 1. The minimum Gasteiger partial charge on any atom is -0.486 e. The Morgan fingerprint density at radius 1 is 1.04 bits per heavy atom. The first-order valence-electron chi connectivity index (χ1n) is 9.50. The number of aromatic nitrogens is 1. The summed E-state index contributed by atoms with van der Waals surface area (Å²) in [4.78, 5) is 12.8. The normalized spacial score (nSPS) is 12.6. The summed E-state index contributed by atoms with van der Waals surface area (Å²) < 4.78 is 13.5. The molecule has 4 rings (SSSR count). The molecule has 1 aliphatic rings. The minimum atomic E-state index is -0.0817. The lowest BCUT2D eigenvalue weighted by Crippen LogP contribution is -2.25. The zero-order chi connectivity index (χ0) is 19.5. The van der Waals surface area contributed by atoms with Crippen LogP contribution in [0.4, 0.5) is 0 Å². The number of ether oxygens (including phenoxy) is 2. The fraction of sp³-hybridized carbons (Fsp3) is 0.261. The van der Waals surface area contributed by atoms with E-state index in [2.05, 4.69) is 22.0 Å². The maximum Gasteiger partial charge on any atom is 0.253 e. The number of nitrogens with one attached hydrogen (secondary N) is 1. The third kappa shape index (κ3) is 3.60. The summed E-state index contributed by atoms with van der Waals surface area (Å²) in [5, 5.41) is 3.02. The van der Waals surface area contributed by atoms with Crippen LogP contribution in [0.5, 0.6) is 11.5 Å². The van der Waals surface area contributed by atoms with Gasteiger partial charge in [-0.15, -0.1) is 0 Å². The molecule has 1 N–H and O–H groups in total. The van der Waals surface area contributed by atoms with Gasteiger partial charge in [0.05, 0.1) is 5.56 Å². The number of aryl methyl sites for hydroxylation is 1. The summed E-state index contributed by atoms with van der Waals surface area (Å²) in [6, 6.07) is 18.0. The largest absolute Gasteiger partial charge is 0.486 e. The van der Waals surface area contributed by atoms with Gasteiger partial charge < -0.3 is 19.4 Å². The van der Waals surface area contributed by atoms with Gasteiger partial charge in [0, 0.05) is 30.0 Å². The Morgan fingerprint density at radius 2 is 1.82 bits per heavy atom. The van der Waals surface area contributed by atoms with Crippen LogP contribution in [0, 0.1) is 13.8 Å². The summed E-state index contributed by atoms with van der Waals surface area (Å²) in [7, 11) is 0. The molecule has 0 atom stereocenters. The molecule has 5 nitrogen and oxygen atoms in total. The van der Waals surface area contributed by atoms with E-state index in [1.54, 1.807) is 0 Å². The first kappa shape index (κ1) is 18.2. The highest BCUT2D eigenvalue weighted by Gasteiger charge is 2.18. The molecule has 1 amide bonds. The number of nitrogens with zero attached hydrogens (tertiary/aromatic N) is 1. The van der Waals surface area contributed by atoms with E-state index in [-0.39, 0.29) is 5.91 Å². The number of benzene rings is 2. The molecule has 0 aliphatic carbocycles. The Bertz CT molecular complexity index is 993. The van der Waals surface area contributed by atoms with Crippen molar-refractivity contribution in [2.24, 2.45) is 0 Å². The Hall–Kier alpha value is -3.21. The lowest BCUT2D eigenvalue weighted by atomic mass is 10.1. The lowest BCUT2D eigenvalue weighted by Gasteiger charge is -2.21. The molecule has 1 aliphatic heterocycles. The van der Waals surface area contributed by atoms with E-state index >= 15 is 0 Å². The molecule has 2 heterocycles. The van der Waals surface area contributed by atoms with Crippen molar-refractivity contribution in [1.29, 1.82) is 0 Å². The zero-order valence-corrected chi connectivity index (χ0v) is 16.2. The Morgan fingerprint density at radius 3 is 2.64 bits per heavy atom. The molecule has 0 saturated heterocycles. The summed E-state index contributed by atoms with van der Waals surface area (Å²) in [5.74, 6) is 1.38. The maximum absolute atomic E-state index is 12.8. The standard InChI is InChI=1S/C23H24N2O3/c1-16-13-20(17(2)25(16)15-18-7-4-3-5-8-18)23(26)24-14-19-9-6-10-21-22(19)28-12-11-27-21/h3-10,13H,11-12,14-15H2,1-2H3,(H,24,26). The number of para-hydroxylation sites is 1. The van der Waals surface area contributed by atoms with Crippen molar-refractivity contribution in [3.63, 3.8) is 0 Å². The summed E-state index contributed by atoms with van der Waals surface area (Å²) in [6.45, 7) is 6.25. The van der Waals surface area contributed by atoms with E-state index in [4.69, 9.17) is 9.47 Å². The van der Waals surface area contributed by atoms with Gasteiger partial charge in [-0.05, 0) is 31.5 Å². The van der Waals surface area contributed by atoms with Gasteiger partial charge in [0.2, 0.25) is 0 Å². The van der Waals surface area contributed by atoms with Crippen molar-refractivity contribution >= 4 is 5.91 Å². The van der Waals surface area contributed by atoms with Gasteiger partial charge in [-0.3, -0.25) is 4.79 Å². The Labute approximate surface area is 164 Å². The van der Waals surface area contributed by atoms with Crippen molar-refractivity contribution in [3.8, 4) is 11.5 Å². The number of fused-ring (bicyclic) bond motifs is 1. The lowest BCUT2D eigenvalue weighted by molar-refractivity contribution is 0.0949. The monoisotopic (exact) mass is 376 g/mol. The van der Waals surface area contributed by atoms with Crippen LogP contribution < -0.4 is 14.8 Å². The van der Waals surface area contributed by atoms with Gasteiger partial charge in [-0.1, -0.05) is 42.5 Å². The van der Waals surface area contributed by atoms with E-state index in [0.29, 0.717) is 25.3 Å². The molecule has 3 aromatic rings. The van der Waals surface area contributed by atoms with Crippen molar-refractivity contribution in [3.05, 3.63) is 82.7 Å². The van der Waals surface area contributed by atoms with E-state index < -0.39 is 0 Å². The van der Waals surface area contributed by atoms with E-state index in [1.807, 2.05) is 56.3 Å². The molecule has 0 saturated carbocycles. The third-order valence-electron chi connectivity index (χ3n) is 5.09. The number of hydrogen-bond acceptors (Lipinski definition) is 3. The van der Waals surface area contributed by atoms with Crippen LogP contribution in [0.3, 0.4) is 0 Å². The topological polar surface area (TPSA) is 52.5 Å². The molecular formula is C23H24N2O3. The van der Waals surface area contributed by atoms with Gasteiger partial charge >= 0.3 is 0 Å². The van der Waals surface area contributed by atoms with Gasteiger partial charge in [-0.25, -0.2) is 0 Å². The number of hydrogen-bond donors (Lipinski definition) is 1. The average molecular weight is 376 g/mol. The second-order valence-electron chi connectivity index (χ2n) is 6.98. The molecule has 2 aromatic carbocycles. The van der Waals surface area contributed by atoms with Crippen molar-refractivity contribution in [1.82, 2.24) is 9.88 Å². The highest BCUT2D eigenvalue weighted by Crippen LogP contribution is 2.33. The fourth-order valence-electron chi connectivity index (χ4n) is 3.58.